The monoisotopic (exact) mass is 336 g/mol. The first kappa shape index (κ1) is 14.8. The van der Waals surface area contributed by atoms with Crippen molar-refractivity contribution in [3.63, 3.8) is 0 Å². The largest absolute Gasteiger partial charge is 0.147 e. The van der Waals surface area contributed by atoms with Crippen LogP contribution in [0, 0.1) is 0 Å². The number of aryl methyl sites for hydroxylation is 3. The van der Waals surface area contributed by atoms with E-state index in [2.05, 4.69) is 66.3 Å². The van der Waals surface area contributed by atoms with E-state index in [0.717, 1.165) is 19.3 Å². The number of hydrogen-bond acceptors (Lipinski definition) is 1. The van der Waals surface area contributed by atoms with Crippen molar-refractivity contribution >= 4 is 27.3 Å². The van der Waals surface area contributed by atoms with Crippen LogP contribution in [0.3, 0.4) is 0 Å². The third-order valence-corrected chi connectivity index (χ3v) is 5.94. The molecule has 0 aliphatic carbocycles. The lowest BCUT2D eigenvalue weighted by Gasteiger charge is -2.16. The molecular weight excluding hydrogens is 316 g/mol. The van der Waals surface area contributed by atoms with Crippen LogP contribution in [-0.2, 0) is 19.3 Å². The van der Waals surface area contributed by atoms with Gasteiger partial charge in [0.25, 0.3) is 0 Å². The lowest BCUT2D eigenvalue weighted by molar-refractivity contribution is 1.02. The van der Waals surface area contributed by atoms with Crippen LogP contribution < -0.4 is 0 Å². The van der Waals surface area contributed by atoms with Crippen LogP contribution in [-0.4, -0.2) is 0 Å². The summed E-state index contributed by atoms with van der Waals surface area (Å²) in [5.41, 5.74) is 5.79. The lowest BCUT2D eigenvalue weighted by atomic mass is 9.96. The van der Waals surface area contributed by atoms with Crippen molar-refractivity contribution in [2.75, 3.05) is 0 Å². The highest BCUT2D eigenvalue weighted by atomic mass is 79.9. The zero-order valence-corrected chi connectivity index (χ0v) is 14.3. The molecular formula is C17H21BrS. The molecule has 19 heavy (non-hydrogen) atoms. The predicted molar refractivity (Wildman–Crippen MR) is 89.7 cm³/mol. The molecule has 0 bridgehead atoms. The van der Waals surface area contributed by atoms with Crippen LogP contribution in [0.4, 0.5) is 0 Å². The normalized spacial score (nSPS) is 12.6. The molecule has 1 unspecified atom stereocenters. The van der Waals surface area contributed by atoms with Crippen molar-refractivity contribution in [1.82, 2.24) is 0 Å². The zero-order chi connectivity index (χ0) is 13.8. The van der Waals surface area contributed by atoms with Crippen molar-refractivity contribution in [3.05, 3.63) is 56.8 Å². The molecule has 0 nitrogen and oxygen atoms in total. The minimum atomic E-state index is 0.337. The van der Waals surface area contributed by atoms with Gasteiger partial charge in [-0.2, -0.15) is 0 Å². The quantitative estimate of drug-likeness (QED) is 0.594. The molecule has 0 N–H and O–H groups in total. The molecule has 0 saturated heterocycles. The minimum absolute atomic E-state index is 0.337. The molecule has 0 saturated carbocycles. The van der Waals surface area contributed by atoms with Gasteiger partial charge in [0, 0.05) is 4.88 Å². The highest BCUT2D eigenvalue weighted by Gasteiger charge is 2.18. The van der Waals surface area contributed by atoms with Gasteiger partial charge < -0.3 is 0 Å². The molecule has 1 atom stereocenters. The van der Waals surface area contributed by atoms with Crippen molar-refractivity contribution < 1.29 is 0 Å². The van der Waals surface area contributed by atoms with Gasteiger partial charge in [0.05, 0.1) is 4.83 Å². The van der Waals surface area contributed by atoms with Crippen LogP contribution in [0.1, 0.15) is 52.7 Å². The third-order valence-electron chi connectivity index (χ3n) is 3.66. The van der Waals surface area contributed by atoms with Crippen molar-refractivity contribution in [1.29, 1.82) is 0 Å². The maximum Gasteiger partial charge on any atom is 0.0743 e. The van der Waals surface area contributed by atoms with Gasteiger partial charge in [-0.15, -0.1) is 11.3 Å². The fourth-order valence-corrected chi connectivity index (χ4v) is 4.46. The first-order chi connectivity index (χ1) is 9.21. The molecule has 2 rings (SSSR count). The SMILES string of the molecule is CCc1ccc(CC)c(C(Br)c2sccc2CC)c1. The molecule has 1 heterocycles. The number of benzene rings is 1. The Labute approximate surface area is 129 Å². The summed E-state index contributed by atoms with van der Waals surface area (Å²) >= 11 is 5.79. The second-order valence-corrected chi connectivity index (χ2v) is 6.63. The standard InChI is InChI=1S/C17H21BrS/c1-4-12-7-8-13(5-2)15(11-12)16(18)17-14(6-3)9-10-19-17/h7-11,16H,4-6H2,1-3H3. The van der Waals surface area contributed by atoms with Gasteiger partial charge in [-0.3, -0.25) is 0 Å². The lowest BCUT2D eigenvalue weighted by Crippen LogP contribution is -2.00. The number of halogens is 1. The van der Waals surface area contributed by atoms with E-state index in [9.17, 15) is 0 Å². The van der Waals surface area contributed by atoms with E-state index in [1.807, 2.05) is 11.3 Å². The van der Waals surface area contributed by atoms with E-state index in [1.165, 1.54) is 27.1 Å². The first-order valence-electron chi connectivity index (χ1n) is 7.03. The summed E-state index contributed by atoms with van der Waals surface area (Å²) in [7, 11) is 0. The molecule has 0 aliphatic heterocycles. The van der Waals surface area contributed by atoms with Crippen molar-refractivity contribution in [3.8, 4) is 0 Å². The smallest absolute Gasteiger partial charge is 0.0743 e. The molecule has 0 radical (unpaired) electrons. The van der Waals surface area contributed by atoms with Crippen LogP contribution in [0.15, 0.2) is 29.6 Å². The van der Waals surface area contributed by atoms with Gasteiger partial charge in [-0.25, -0.2) is 0 Å². The molecule has 0 spiro atoms. The average Bonchev–Trinajstić information content (AvgIpc) is 2.94. The second kappa shape index (κ2) is 6.71. The van der Waals surface area contributed by atoms with Gasteiger partial charge in [0.15, 0.2) is 0 Å². The summed E-state index contributed by atoms with van der Waals surface area (Å²) in [6.45, 7) is 6.68. The number of thiophene rings is 1. The van der Waals surface area contributed by atoms with E-state index < -0.39 is 0 Å². The van der Waals surface area contributed by atoms with E-state index in [1.54, 1.807) is 0 Å². The van der Waals surface area contributed by atoms with E-state index in [0.29, 0.717) is 4.83 Å². The first-order valence-corrected chi connectivity index (χ1v) is 8.82. The van der Waals surface area contributed by atoms with Gasteiger partial charge in [0.2, 0.25) is 0 Å². The van der Waals surface area contributed by atoms with Gasteiger partial charge in [0.1, 0.15) is 0 Å². The number of rotatable bonds is 5. The molecule has 0 aliphatic rings. The Kier molecular flexibility index (Phi) is 5.23. The Bertz CT molecular complexity index is 542. The van der Waals surface area contributed by atoms with Crippen molar-refractivity contribution in [2.45, 2.75) is 44.9 Å². The third kappa shape index (κ3) is 3.11. The summed E-state index contributed by atoms with van der Waals surface area (Å²) in [4.78, 5) is 1.80. The maximum atomic E-state index is 3.93. The Morgan fingerprint density at radius 2 is 1.74 bits per heavy atom. The van der Waals surface area contributed by atoms with Crippen LogP contribution in [0.5, 0.6) is 0 Å². The molecule has 1 aromatic carbocycles. The Balaban J connectivity index is 2.45. The molecule has 2 heteroatoms. The van der Waals surface area contributed by atoms with Crippen LogP contribution in [0.2, 0.25) is 0 Å². The topological polar surface area (TPSA) is 0 Å². The van der Waals surface area contributed by atoms with Gasteiger partial charge in [-0.1, -0.05) is 54.9 Å². The summed E-state index contributed by atoms with van der Waals surface area (Å²) in [6.07, 6.45) is 3.30. The Morgan fingerprint density at radius 1 is 1.00 bits per heavy atom. The average molecular weight is 337 g/mol. The number of alkyl halides is 1. The Morgan fingerprint density at radius 3 is 2.37 bits per heavy atom. The molecule has 0 fully saturated rings. The fraction of sp³-hybridized carbons (Fsp3) is 0.412. The molecule has 102 valence electrons. The van der Waals surface area contributed by atoms with Gasteiger partial charge in [-0.05, 0) is 53.0 Å². The van der Waals surface area contributed by atoms with Crippen molar-refractivity contribution in [2.24, 2.45) is 0 Å². The van der Waals surface area contributed by atoms with Crippen LogP contribution >= 0.6 is 27.3 Å². The predicted octanol–water partition coefficient (Wildman–Crippen LogP) is 5.92. The zero-order valence-electron chi connectivity index (χ0n) is 11.9. The van der Waals surface area contributed by atoms with E-state index in [4.69, 9.17) is 0 Å². The highest BCUT2D eigenvalue weighted by molar-refractivity contribution is 9.09. The highest BCUT2D eigenvalue weighted by Crippen LogP contribution is 2.38. The molecule has 1 aromatic heterocycles. The Hall–Kier alpha value is -0.600. The maximum absolute atomic E-state index is 3.93. The van der Waals surface area contributed by atoms with Gasteiger partial charge >= 0.3 is 0 Å². The van der Waals surface area contributed by atoms with Crippen LogP contribution in [0.25, 0.3) is 0 Å². The summed E-state index contributed by atoms with van der Waals surface area (Å²) in [6, 6.07) is 9.18. The molecule has 2 aromatic rings. The summed E-state index contributed by atoms with van der Waals surface area (Å²) < 4.78 is 0. The van der Waals surface area contributed by atoms with E-state index in [-0.39, 0.29) is 0 Å². The fourth-order valence-electron chi connectivity index (χ4n) is 2.43. The molecule has 0 amide bonds. The minimum Gasteiger partial charge on any atom is -0.147 e. The summed E-state index contributed by atoms with van der Waals surface area (Å²) in [5, 5.41) is 2.21. The number of hydrogen-bond donors (Lipinski definition) is 0. The van der Waals surface area contributed by atoms with E-state index >= 15 is 0 Å². The summed E-state index contributed by atoms with van der Waals surface area (Å²) in [5.74, 6) is 0. The second-order valence-electron chi connectivity index (χ2n) is 4.77.